The van der Waals surface area contributed by atoms with Crippen molar-refractivity contribution in [3.63, 3.8) is 0 Å². The van der Waals surface area contributed by atoms with Crippen molar-refractivity contribution in [1.29, 1.82) is 0 Å². The lowest BCUT2D eigenvalue weighted by Gasteiger charge is -2.00. The Morgan fingerprint density at radius 2 is 2.16 bits per heavy atom. The molecular weight excluding hydrogens is 469 g/mol. The second-order valence-electron chi connectivity index (χ2n) is 5.16. The van der Waals surface area contributed by atoms with E-state index in [-0.39, 0.29) is 0 Å². The highest BCUT2D eigenvalue weighted by Gasteiger charge is 2.14. The van der Waals surface area contributed by atoms with Gasteiger partial charge in [-0.05, 0) is 52.2 Å². The molecule has 0 unspecified atom stereocenters. The first-order valence-electron chi connectivity index (χ1n) is 7.35. The van der Waals surface area contributed by atoms with Gasteiger partial charge >= 0.3 is 0 Å². The van der Waals surface area contributed by atoms with Gasteiger partial charge in [-0.3, -0.25) is 0 Å². The zero-order valence-corrected chi connectivity index (χ0v) is 16.9. The van der Waals surface area contributed by atoms with Crippen LogP contribution in [0.25, 0.3) is 22.2 Å². The molecule has 6 nitrogen and oxygen atoms in total. The molecule has 0 saturated carbocycles. The highest BCUT2D eigenvalue weighted by Crippen LogP contribution is 2.28. The second kappa shape index (κ2) is 7.26. The maximum absolute atomic E-state index is 5.37. The first kappa shape index (κ1) is 16.7. The van der Waals surface area contributed by atoms with Gasteiger partial charge in [-0.1, -0.05) is 29.1 Å². The molecule has 0 fully saturated rings. The molecule has 0 aliphatic carbocycles. The smallest absolute Gasteiger partial charge is 0.257 e. The van der Waals surface area contributed by atoms with Crippen LogP contribution in [0.2, 0.25) is 0 Å². The third-order valence-corrected chi connectivity index (χ3v) is 6.00. The van der Waals surface area contributed by atoms with Gasteiger partial charge in [0.15, 0.2) is 16.8 Å². The molecule has 0 aliphatic heterocycles. The lowest BCUT2D eigenvalue weighted by Crippen LogP contribution is -1.94. The molecule has 25 heavy (non-hydrogen) atoms. The van der Waals surface area contributed by atoms with Crippen LogP contribution in [0.5, 0.6) is 0 Å². The van der Waals surface area contributed by atoms with Crippen LogP contribution < -0.4 is 0 Å². The Bertz CT molecular complexity index is 996. The normalized spacial score (nSPS) is 11.1. The maximum Gasteiger partial charge on any atom is 0.257 e. The molecule has 0 aliphatic rings. The van der Waals surface area contributed by atoms with Crippen molar-refractivity contribution in [2.75, 3.05) is 0 Å². The van der Waals surface area contributed by atoms with Crippen molar-refractivity contribution in [1.82, 2.24) is 24.9 Å². The number of nitrogens with zero attached hydrogens (tertiary/aromatic N) is 5. The highest BCUT2D eigenvalue weighted by atomic mass is 127. The number of hydrogen-bond acceptors (Lipinski definition) is 7. The first-order chi connectivity index (χ1) is 12.2. The van der Waals surface area contributed by atoms with Gasteiger partial charge < -0.3 is 9.09 Å². The lowest BCUT2D eigenvalue weighted by molar-refractivity contribution is 0.425. The zero-order valence-electron chi connectivity index (χ0n) is 13.1. The average Bonchev–Trinajstić information content (AvgIpc) is 3.34. The van der Waals surface area contributed by atoms with Crippen LogP contribution in [0, 0.1) is 3.57 Å². The van der Waals surface area contributed by atoms with Gasteiger partial charge in [0.05, 0.1) is 10.6 Å². The molecule has 3 aromatic heterocycles. The van der Waals surface area contributed by atoms with Crippen LogP contribution in [-0.4, -0.2) is 24.9 Å². The van der Waals surface area contributed by atoms with Crippen LogP contribution in [-0.2, 0) is 12.8 Å². The Morgan fingerprint density at radius 3 is 2.96 bits per heavy atom. The molecule has 4 rings (SSSR count). The van der Waals surface area contributed by atoms with Gasteiger partial charge in [0, 0.05) is 16.2 Å². The molecule has 0 saturated heterocycles. The summed E-state index contributed by atoms with van der Waals surface area (Å²) in [5.74, 6) is 2.61. The summed E-state index contributed by atoms with van der Waals surface area (Å²) in [6, 6.07) is 12.0. The standard InChI is InChI=1S/C16H12IN5OS2/c1-22-14(12-6-3-7-24-12)19-20-16(22)25-9-13-18-15(23-21-13)10-4-2-5-11(17)8-10/h2-8H,9H2,1H3. The average molecular weight is 481 g/mol. The summed E-state index contributed by atoms with van der Waals surface area (Å²) < 4.78 is 8.48. The Balaban J connectivity index is 1.48. The number of halogens is 1. The summed E-state index contributed by atoms with van der Waals surface area (Å²) in [5.41, 5.74) is 0.925. The number of benzene rings is 1. The summed E-state index contributed by atoms with van der Waals surface area (Å²) >= 11 is 5.45. The topological polar surface area (TPSA) is 69.6 Å². The van der Waals surface area contributed by atoms with E-state index in [1.54, 1.807) is 11.3 Å². The second-order valence-corrected chi connectivity index (χ2v) is 8.29. The van der Waals surface area contributed by atoms with E-state index in [4.69, 9.17) is 4.52 Å². The number of aromatic nitrogens is 5. The molecule has 9 heteroatoms. The Labute approximate surface area is 165 Å². The predicted molar refractivity (Wildman–Crippen MR) is 106 cm³/mol. The summed E-state index contributed by atoms with van der Waals surface area (Å²) in [6.45, 7) is 0. The van der Waals surface area contributed by atoms with Crippen molar-refractivity contribution in [2.45, 2.75) is 10.9 Å². The fourth-order valence-corrected chi connectivity index (χ4v) is 4.28. The molecule has 4 aromatic rings. The van der Waals surface area contributed by atoms with Gasteiger partial charge in [-0.25, -0.2) is 0 Å². The Kier molecular flexibility index (Phi) is 4.86. The Hall–Kier alpha value is -1.72. The van der Waals surface area contributed by atoms with E-state index < -0.39 is 0 Å². The number of thiophene rings is 1. The molecule has 0 atom stereocenters. The number of thioether (sulfide) groups is 1. The van der Waals surface area contributed by atoms with Crippen LogP contribution >= 0.6 is 45.7 Å². The molecular formula is C16H12IN5OS2. The van der Waals surface area contributed by atoms with Crippen LogP contribution in [0.1, 0.15) is 5.82 Å². The monoisotopic (exact) mass is 481 g/mol. The minimum Gasteiger partial charge on any atom is -0.334 e. The molecule has 0 N–H and O–H groups in total. The summed E-state index contributed by atoms with van der Waals surface area (Å²) in [4.78, 5) is 5.57. The van der Waals surface area contributed by atoms with E-state index in [0.29, 0.717) is 17.5 Å². The largest absolute Gasteiger partial charge is 0.334 e. The molecule has 0 bridgehead atoms. The lowest BCUT2D eigenvalue weighted by atomic mass is 10.2. The van der Waals surface area contributed by atoms with Gasteiger partial charge in [0.1, 0.15) is 0 Å². The van der Waals surface area contributed by atoms with Crippen LogP contribution in [0.15, 0.2) is 51.5 Å². The molecule has 0 radical (unpaired) electrons. The van der Waals surface area contributed by atoms with E-state index in [0.717, 1.165) is 25.0 Å². The van der Waals surface area contributed by atoms with E-state index in [1.165, 1.54) is 11.8 Å². The summed E-state index contributed by atoms with van der Waals surface area (Å²) in [5, 5.41) is 15.4. The third-order valence-electron chi connectivity index (χ3n) is 3.45. The van der Waals surface area contributed by atoms with Crippen molar-refractivity contribution in [3.05, 3.63) is 51.2 Å². The van der Waals surface area contributed by atoms with Gasteiger partial charge in [0.2, 0.25) is 0 Å². The van der Waals surface area contributed by atoms with E-state index in [9.17, 15) is 0 Å². The highest BCUT2D eigenvalue weighted by molar-refractivity contribution is 14.1. The Morgan fingerprint density at radius 1 is 1.24 bits per heavy atom. The fraction of sp³-hybridized carbons (Fsp3) is 0.125. The van der Waals surface area contributed by atoms with Crippen LogP contribution in [0.3, 0.4) is 0 Å². The maximum atomic E-state index is 5.37. The summed E-state index contributed by atoms with van der Waals surface area (Å²) in [6.07, 6.45) is 0. The minimum absolute atomic E-state index is 0.534. The molecule has 1 aromatic carbocycles. The van der Waals surface area contributed by atoms with Gasteiger partial charge in [-0.2, -0.15) is 4.98 Å². The third kappa shape index (κ3) is 3.62. The van der Waals surface area contributed by atoms with Gasteiger partial charge in [-0.15, -0.1) is 21.5 Å². The quantitative estimate of drug-likeness (QED) is 0.309. The molecule has 0 amide bonds. The van der Waals surface area contributed by atoms with Crippen molar-refractivity contribution in [2.24, 2.45) is 7.05 Å². The van der Waals surface area contributed by atoms with E-state index in [2.05, 4.69) is 42.9 Å². The fourth-order valence-electron chi connectivity index (χ4n) is 2.24. The predicted octanol–water partition coefficient (Wildman–Crippen LogP) is 4.49. The van der Waals surface area contributed by atoms with Crippen molar-refractivity contribution < 1.29 is 4.52 Å². The number of rotatable bonds is 5. The van der Waals surface area contributed by atoms with Gasteiger partial charge in [0.25, 0.3) is 5.89 Å². The first-order valence-corrected chi connectivity index (χ1v) is 10.3. The van der Waals surface area contributed by atoms with Crippen molar-refractivity contribution in [3.8, 4) is 22.2 Å². The molecule has 126 valence electrons. The van der Waals surface area contributed by atoms with Crippen LogP contribution in [0.4, 0.5) is 0 Å². The number of hydrogen-bond donors (Lipinski definition) is 0. The van der Waals surface area contributed by atoms with E-state index >= 15 is 0 Å². The molecule has 0 spiro atoms. The molecule has 3 heterocycles. The minimum atomic E-state index is 0.534. The zero-order chi connectivity index (χ0) is 17.2. The SMILES string of the molecule is Cn1c(SCc2noc(-c3cccc(I)c3)n2)nnc1-c1cccs1. The summed E-state index contributed by atoms with van der Waals surface area (Å²) in [7, 11) is 1.96. The van der Waals surface area contributed by atoms with Crippen molar-refractivity contribution >= 4 is 45.7 Å². The van der Waals surface area contributed by atoms with E-state index in [1.807, 2.05) is 53.4 Å².